The SMILES string of the molecule is NC(=O)CSc1ccccc1C(=O)NCCc1ccccc1. The van der Waals surface area contributed by atoms with E-state index in [-0.39, 0.29) is 11.7 Å². The molecule has 0 radical (unpaired) electrons. The van der Waals surface area contributed by atoms with Gasteiger partial charge < -0.3 is 11.1 Å². The molecule has 2 aromatic rings. The molecular formula is C17H18N2O2S. The van der Waals surface area contributed by atoms with E-state index in [1.807, 2.05) is 42.5 Å². The molecule has 22 heavy (non-hydrogen) atoms. The molecule has 0 spiro atoms. The molecule has 0 aliphatic carbocycles. The van der Waals surface area contributed by atoms with Crippen LogP contribution in [0.5, 0.6) is 0 Å². The van der Waals surface area contributed by atoms with E-state index in [0.717, 1.165) is 11.3 Å². The molecule has 2 aromatic carbocycles. The van der Waals surface area contributed by atoms with E-state index in [0.29, 0.717) is 12.1 Å². The largest absolute Gasteiger partial charge is 0.369 e. The Balaban J connectivity index is 1.93. The van der Waals surface area contributed by atoms with Gasteiger partial charge in [0, 0.05) is 11.4 Å². The fourth-order valence-electron chi connectivity index (χ4n) is 1.99. The zero-order valence-corrected chi connectivity index (χ0v) is 12.9. The lowest BCUT2D eigenvalue weighted by Crippen LogP contribution is -2.26. The maximum atomic E-state index is 12.3. The van der Waals surface area contributed by atoms with Crippen LogP contribution in [0.2, 0.25) is 0 Å². The van der Waals surface area contributed by atoms with Gasteiger partial charge in [0.2, 0.25) is 5.91 Å². The molecule has 0 saturated carbocycles. The van der Waals surface area contributed by atoms with Gasteiger partial charge in [0.1, 0.15) is 0 Å². The Morgan fingerprint density at radius 3 is 2.41 bits per heavy atom. The monoisotopic (exact) mass is 314 g/mol. The Morgan fingerprint density at radius 1 is 1.00 bits per heavy atom. The fourth-order valence-corrected chi connectivity index (χ4v) is 2.78. The van der Waals surface area contributed by atoms with Crippen LogP contribution in [0.25, 0.3) is 0 Å². The van der Waals surface area contributed by atoms with Crippen molar-refractivity contribution in [1.29, 1.82) is 0 Å². The Bertz CT molecular complexity index is 644. The highest BCUT2D eigenvalue weighted by molar-refractivity contribution is 8.00. The van der Waals surface area contributed by atoms with Gasteiger partial charge in [0.25, 0.3) is 5.91 Å². The van der Waals surface area contributed by atoms with E-state index < -0.39 is 5.91 Å². The molecule has 114 valence electrons. The van der Waals surface area contributed by atoms with Crippen molar-refractivity contribution in [2.24, 2.45) is 5.73 Å². The minimum atomic E-state index is -0.399. The number of hydrogen-bond acceptors (Lipinski definition) is 3. The molecule has 0 heterocycles. The first-order valence-electron chi connectivity index (χ1n) is 6.99. The molecule has 2 rings (SSSR count). The summed E-state index contributed by atoms with van der Waals surface area (Å²) in [5.41, 5.74) is 6.90. The lowest BCUT2D eigenvalue weighted by Gasteiger charge is -2.09. The van der Waals surface area contributed by atoms with Crippen LogP contribution < -0.4 is 11.1 Å². The van der Waals surface area contributed by atoms with Gasteiger partial charge in [-0.25, -0.2) is 0 Å². The highest BCUT2D eigenvalue weighted by atomic mass is 32.2. The molecule has 0 atom stereocenters. The molecule has 0 saturated heterocycles. The smallest absolute Gasteiger partial charge is 0.252 e. The predicted molar refractivity (Wildman–Crippen MR) is 88.8 cm³/mol. The molecule has 0 aliphatic rings. The number of nitrogens with two attached hydrogens (primary N) is 1. The molecular weight excluding hydrogens is 296 g/mol. The Hall–Kier alpha value is -2.27. The summed E-state index contributed by atoms with van der Waals surface area (Å²) in [4.78, 5) is 23.9. The summed E-state index contributed by atoms with van der Waals surface area (Å²) in [5.74, 6) is -0.373. The molecule has 3 N–H and O–H groups in total. The quantitative estimate of drug-likeness (QED) is 0.770. The second-order valence-corrected chi connectivity index (χ2v) is 5.76. The molecule has 0 aliphatic heterocycles. The zero-order chi connectivity index (χ0) is 15.8. The van der Waals surface area contributed by atoms with Crippen molar-refractivity contribution >= 4 is 23.6 Å². The zero-order valence-electron chi connectivity index (χ0n) is 12.1. The van der Waals surface area contributed by atoms with Crippen molar-refractivity contribution in [3.63, 3.8) is 0 Å². The average Bonchev–Trinajstić information content (AvgIpc) is 2.54. The van der Waals surface area contributed by atoms with E-state index in [2.05, 4.69) is 5.32 Å². The standard InChI is InChI=1S/C17H18N2O2S/c18-16(20)12-22-15-9-5-4-8-14(15)17(21)19-11-10-13-6-2-1-3-7-13/h1-9H,10-12H2,(H2,18,20)(H,19,21). The van der Waals surface area contributed by atoms with Crippen LogP contribution in [0.1, 0.15) is 15.9 Å². The van der Waals surface area contributed by atoms with E-state index in [4.69, 9.17) is 5.73 Å². The van der Waals surface area contributed by atoms with Gasteiger partial charge in [-0.15, -0.1) is 11.8 Å². The first kappa shape index (κ1) is 16.1. The van der Waals surface area contributed by atoms with Crippen LogP contribution in [-0.4, -0.2) is 24.1 Å². The summed E-state index contributed by atoms with van der Waals surface area (Å²) in [6, 6.07) is 17.2. The van der Waals surface area contributed by atoms with Crippen molar-refractivity contribution in [2.75, 3.05) is 12.3 Å². The third-order valence-electron chi connectivity index (χ3n) is 3.04. The Kier molecular flexibility index (Phi) is 6.03. The van der Waals surface area contributed by atoms with Gasteiger partial charge >= 0.3 is 0 Å². The minimum Gasteiger partial charge on any atom is -0.369 e. The van der Waals surface area contributed by atoms with Crippen molar-refractivity contribution < 1.29 is 9.59 Å². The van der Waals surface area contributed by atoms with Crippen molar-refractivity contribution in [3.8, 4) is 0 Å². The Morgan fingerprint density at radius 2 is 1.68 bits per heavy atom. The molecule has 0 unspecified atom stereocenters. The maximum absolute atomic E-state index is 12.3. The summed E-state index contributed by atoms with van der Waals surface area (Å²) in [5, 5.41) is 2.91. The van der Waals surface area contributed by atoms with E-state index in [9.17, 15) is 9.59 Å². The maximum Gasteiger partial charge on any atom is 0.252 e. The van der Waals surface area contributed by atoms with Crippen LogP contribution in [-0.2, 0) is 11.2 Å². The van der Waals surface area contributed by atoms with Crippen molar-refractivity contribution in [2.45, 2.75) is 11.3 Å². The van der Waals surface area contributed by atoms with Gasteiger partial charge in [0.15, 0.2) is 0 Å². The van der Waals surface area contributed by atoms with Gasteiger partial charge in [0.05, 0.1) is 11.3 Å². The second-order valence-electron chi connectivity index (χ2n) is 4.74. The Labute approximate surface area is 134 Å². The summed E-state index contributed by atoms with van der Waals surface area (Å²) in [6.45, 7) is 0.567. The number of thioether (sulfide) groups is 1. The highest BCUT2D eigenvalue weighted by Gasteiger charge is 2.11. The molecule has 2 amide bonds. The van der Waals surface area contributed by atoms with E-state index >= 15 is 0 Å². The number of rotatable bonds is 7. The number of primary amides is 1. The second kappa shape index (κ2) is 8.24. The van der Waals surface area contributed by atoms with Crippen molar-refractivity contribution in [3.05, 3.63) is 65.7 Å². The van der Waals surface area contributed by atoms with E-state index in [1.54, 1.807) is 12.1 Å². The number of carbonyl (C=O) groups is 2. The summed E-state index contributed by atoms with van der Waals surface area (Å²) in [7, 11) is 0. The number of nitrogens with one attached hydrogen (secondary N) is 1. The summed E-state index contributed by atoms with van der Waals surface area (Å²) in [6.07, 6.45) is 0.781. The molecule has 0 bridgehead atoms. The van der Waals surface area contributed by atoms with Crippen LogP contribution in [0, 0.1) is 0 Å². The van der Waals surface area contributed by atoms with Gasteiger partial charge in [-0.3, -0.25) is 9.59 Å². The number of amides is 2. The molecule has 4 nitrogen and oxygen atoms in total. The van der Waals surface area contributed by atoms with Crippen molar-refractivity contribution in [1.82, 2.24) is 5.32 Å². The van der Waals surface area contributed by atoms with Gasteiger partial charge in [-0.1, -0.05) is 42.5 Å². The highest BCUT2D eigenvalue weighted by Crippen LogP contribution is 2.22. The molecule has 0 aromatic heterocycles. The lowest BCUT2D eigenvalue weighted by molar-refractivity contribution is -0.115. The lowest BCUT2D eigenvalue weighted by atomic mass is 10.1. The normalized spacial score (nSPS) is 10.2. The number of hydrogen-bond donors (Lipinski definition) is 2. The third-order valence-corrected chi connectivity index (χ3v) is 4.14. The molecule has 5 heteroatoms. The van der Waals surface area contributed by atoms with Crippen LogP contribution in [0.15, 0.2) is 59.5 Å². The van der Waals surface area contributed by atoms with Gasteiger partial charge in [-0.05, 0) is 24.1 Å². The summed E-state index contributed by atoms with van der Waals surface area (Å²) >= 11 is 1.28. The third kappa shape index (κ3) is 4.93. The average molecular weight is 314 g/mol. The summed E-state index contributed by atoms with van der Waals surface area (Å²) < 4.78 is 0. The molecule has 0 fully saturated rings. The van der Waals surface area contributed by atoms with Crippen LogP contribution in [0.4, 0.5) is 0 Å². The number of benzene rings is 2. The number of carbonyl (C=O) groups excluding carboxylic acids is 2. The first-order valence-corrected chi connectivity index (χ1v) is 7.97. The minimum absolute atomic E-state index is 0.136. The van der Waals surface area contributed by atoms with E-state index in [1.165, 1.54) is 17.3 Å². The van der Waals surface area contributed by atoms with Gasteiger partial charge in [-0.2, -0.15) is 0 Å². The first-order chi connectivity index (χ1) is 10.7. The predicted octanol–water partition coefficient (Wildman–Crippen LogP) is 2.24. The topological polar surface area (TPSA) is 72.2 Å². The van der Waals surface area contributed by atoms with Crippen LogP contribution in [0.3, 0.4) is 0 Å². The fraction of sp³-hybridized carbons (Fsp3) is 0.176. The van der Waals surface area contributed by atoms with Crippen LogP contribution >= 0.6 is 11.8 Å².